The van der Waals surface area contributed by atoms with Crippen LogP contribution in [0.4, 0.5) is 5.69 Å². The highest BCUT2D eigenvalue weighted by Gasteiger charge is 2.00. The van der Waals surface area contributed by atoms with Gasteiger partial charge in [0, 0.05) is 18.3 Å². The topological polar surface area (TPSA) is 90.4 Å². The van der Waals surface area contributed by atoms with Crippen LogP contribution >= 0.6 is 0 Å². The molecule has 0 aromatic heterocycles. The lowest BCUT2D eigenvalue weighted by molar-refractivity contribution is -0.118. The smallest absolute Gasteiger partial charge is 0.220 e. The molecule has 5 N–H and O–H groups in total. The standard InChI is InChI=1S/C12H19N3O2/c1-9(8-13)15-10-2-4-11(5-3-10)17-7-6-12(14)16/h2-5,9,15H,6-8,13H2,1H3,(H2,14,16). The highest BCUT2D eigenvalue weighted by molar-refractivity contribution is 5.73. The molecule has 0 bridgehead atoms. The molecule has 0 fully saturated rings. The molecule has 1 aromatic rings. The van der Waals surface area contributed by atoms with Gasteiger partial charge in [-0.1, -0.05) is 0 Å². The van der Waals surface area contributed by atoms with Crippen LogP contribution in [0.2, 0.25) is 0 Å². The third-order valence-electron chi connectivity index (χ3n) is 2.24. The van der Waals surface area contributed by atoms with Crippen LogP contribution in [-0.4, -0.2) is 25.1 Å². The predicted octanol–water partition coefficient (Wildman–Crippen LogP) is 0.700. The fraction of sp³-hybridized carbons (Fsp3) is 0.417. The molecule has 0 aliphatic carbocycles. The van der Waals surface area contributed by atoms with Crippen molar-refractivity contribution < 1.29 is 9.53 Å². The molecule has 1 unspecified atom stereocenters. The maximum atomic E-state index is 10.5. The molecular formula is C12H19N3O2. The number of carbonyl (C=O) groups excluding carboxylic acids is 1. The van der Waals surface area contributed by atoms with E-state index in [0.29, 0.717) is 13.2 Å². The van der Waals surface area contributed by atoms with E-state index in [2.05, 4.69) is 5.32 Å². The highest BCUT2D eigenvalue weighted by Crippen LogP contribution is 2.16. The van der Waals surface area contributed by atoms with Gasteiger partial charge < -0.3 is 21.5 Å². The van der Waals surface area contributed by atoms with Crippen LogP contribution in [0.25, 0.3) is 0 Å². The molecule has 17 heavy (non-hydrogen) atoms. The third kappa shape index (κ3) is 5.21. The molecule has 5 nitrogen and oxygen atoms in total. The number of hydrogen-bond donors (Lipinski definition) is 3. The predicted molar refractivity (Wildman–Crippen MR) is 67.9 cm³/mol. The van der Waals surface area contributed by atoms with Crippen LogP contribution in [0.5, 0.6) is 5.75 Å². The summed E-state index contributed by atoms with van der Waals surface area (Å²) in [5.41, 5.74) is 11.5. The van der Waals surface area contributed by atoms with E-state index < -0.39 is 0 Å². The molecule has 0 radical (unpaired) electrons. The quantitative estimate of drug-likeness (QED) is 0.651. The Bertz CT molecular complexity index is 351. The van der Waals surface area contributed by atoms with Crippen molar-refractivity contribution in [2.75, 3.05) is 18.5 Å². The Kier molecular flexibility index (Phi) is 5.29. The summed E-state index contributed by atoms with van der Waals surface area (Å²) in [7, 11) is 0. The Hall–Kier alpha value is -1.75. The van der Waals surface area contributed by atoms with Crippen LogP contribution in [0.15, 0.2) is 24.3 Å². The number of carbonyl (C=O) groups is 1. The lowest BCUT2D eigenvalue weighted by Crippen LogP contribution is -2.25. The van der Waals surface area contributed by atoms with Crippen molar-refractivity contribution >= 4 is 11.6 Å². The zero-order valence-corrected chi connectivity index (χ0v) is 9.98. The Morgan fingerprint density at radius 2 is 2.06 bits per heavy atom. The zero-order chi connectivity index (χ0) is 12.7. The fourth-order valence-corrected chi connectivity index (χ4v) is 1.26. The first-order chi connectivity index (χ1) is 8.11. The Balaban J connectivity index is 2.42. The van der Waals surface area contributed by atoms with Gasteiger partial charge >= 0.3 is 0 Å². The van der Waals surface area contributed by atoms with E-state index in [0.717, 1.165) is 11.4 Å². The number of hydrogen-bond acceptors (Lipinski definition) is 4. The van der Waals surface area contributed by atoms with Gasteiger partial charge in [-0.3, -0.25) is 4.79 Å². The molecule has 0 aliphatic rings. The first-order valence-corrected chi connectivity index (χ1v) is 5.59. The Morgan fingerprint density at radius 3 is 2.59 bits per heavy atom. The minimum absolute atomic E-state index is 0.226. The monoisotopic (exact) mass is 237 g/mol. The largest absolute Gasteiger partial charge is 0.493 e. The summed E-state index contributed by atoms with van der Waals surface area (Å²) in [6.45, 7) is 2.90. The molecule has 1 aromatic carbocycles. The van der Waals surface area contributed by atoms with E-state index in [1.807, 2.05) is 31.2 Å². The Morgan fingerprint density at radius 1 is 1.41 bits per heavy atom. The number of amides is 1. The highest BCUT2D eigenvalue weighted by atomic mass is 16.5. The zero-order valence-electron chi connectivity index (χ0n) is 9.98. The lowest BCUT2D eigenvalue weighted by atomic mass is 10.2. The van der Waals surface area contributed by atoms with Crippen molar-refractivity contribution in [1.29, 1.82) is 0 Å². The molecule has 0 saturated heterocycles. The van der Waals surface area contributed by atoms with E-state index in [9.17, 15) is 4.79 Å². The summed E-state index contributed by atoms with van der Waals surface area (Å²) >= 11 is 0. The molecule has 0 saturated carbocycles. The second-order valence-electron chi connectivity index (χ2n) is 3.87. The van der Waals surface area contributed by atoms with Crippen LogP contribution in [0, 0.1) is 0 Å². The summed E-state index contributed by atoms with van der Waals surface area (Å²) in [5.74, 6) is 0.359. The SMILES string of the molecule is CC(CN)Nc1ccc(OCCC(N)=O)cc1. The van der Waals surface area contributed by atoms with Gasteiger partial charge in [0.15, 0.2) is 0 Å². The minimum Gasteiger partial charge on any atom is -0.493 e. The van der Waals surface area contributed by atoms with E-state index >= 15 is 0 Å². The molecule has 0 spiro atoms. The van der Waals surface area contributed by atoms with Crippen LogP contribution in [0.3, 0.4) is 0 Å². The summed E-state index contributed by atoms with van der Waals surface area (Å²) in [6, 6.07) is 7.73. The second-order valence-corrected chi connectivity index (χ2v) is 3.87. The van der Waals surface area contributed by atoms with Gasteiger partial charge in [-0.05, 0) is 31.2 Å². The number of ether oxygens (including phenoxy) is 1. The molecular weight excluding hydrogens is 218 g/mol. The van der Waals surface area contributed by atoms with Crippen molar-refractivity contribution in [2.24, 2.45) is 11.5 Å². The molecule has 1 amide bonds. The minimum atomic E-state index is -0.361. The number of rotatable bonds is 7. The van der Waals surface area contributed by atoms with Gasteiger partial charge in [0.2, 0.25) is 5.91 Å². The maximum absolute atomic E-state index is 10.5. The van der Waals surface area contributed by atoms with Crippen LogP contribution in [0.1, 0.15) is 13.3 Å². The van der Waals surface area contributed by atoms with Crippen molar-refractivity contribution in [3.63, 3.8) is 0 Å². The molecule has 5 heteroatoms. The summed E-state index contributed by atoms with van der Waals surface area (Å²) in [6.07, 6.45) is 0.226. The van der Waals surface area contributed by atoms with Gasteiger partial charge in [0.25, 0.3) is 0 Å². The van der Waals surface area contributed by atoms with E-state index in [-0.39, 0.29) is 18.4 Å². The normalized spacial score (nSPS) is 11.9. The van der Waals surface area contributed by atoms with Gasteiger partial charge in [0.1, 0.15) is 5.75 Å². The van der Waals surface area contributed by atoms with Gasteiger partial charge in [-0.15, -0.1) is 0 Å². The van der Waals surface area contributed by atoms with Gasteiger partial charge in [-0.25, -0.2) is 0 Å². The van der Waals surface area contributed by atoms with Crippen molar-refractivity contribution in [2.45, 2.75) is 19.4 Å². The first kappa shape index (κ1) is 13.3. The third-order valence-corrected chi connectivity index (χ3v) is 2.24. The summed E-state index contributed by atoms with van der Waals surface area (Å²) in [5, 5.41) is 3.24. The van der Waals surface area contributed by atoms with E-state index in [1.54, 1.807) is 0 Å². The van der Waals surface area contributed by atoms with Crippen molar-refractivity contribution in [3.8, 4) is 5.75 Å². The number of nitrogens with two attached hydrogens (primary N) is 2. The van der Waals surface area contributed by atoms with E-state index in [1.165, 1.54) is 0 Å². The number of benzene rings is 1. The second kappa shape index (κ2) is 6.75. The maximum Gasteiger partial charge on any atom is 0.220 e. The fourth-order valence-electron chi connectivity index (χ4n) is 1.26. The van der Waals surface area contributed by atoms with Gasteiger partial charge in [0.05, 0.1) is 13.0 Å². The average Bonchev–Trinajstić information content (AvgIpc) is 2.31. The Labute approximate surface area is 101 Å². The summed E-state index contributed by atoms with van der Waals surface area (Å²) < 4.78 is 5.35. The van der Waals surface area contributed by atoms with Crippen molar-refractivity contribution in [3.05, 3.63) is 24.3 Å². The average molecular weight is 237 g/mol. The number of anilines is 1. The molecule has 1 atom stereocenters. The van der Waals surface area contributed by atoms with Gasteiger partial charge in [-0.2, -0.15) is 0 Å². The molecule has 0 aliphatic heterocycles. The lowest BCUT2D eigenvalue weighted by Gasteiger charge is -2.13. The van der Waals surface area contributed by atoms with Crippen LogP contribution < -0.4 is 21.5 Å². The molecule has 94 valence electrons. The summed E-state index contributed by atoms with van der Waals surface area (Å²) in [4.78, 5) is 10.5. The van der Waals surface area contributed by atoms with E-state index in [4.69, 9.17) is 16.2 Å². The molecule has 0 heterocycles. The van der Waals surface area contributed by atoms with Crippen molar-refractivity contribution in [1.82, 2.24) is 0 Å². The number of primary amides is 1. The first-order valence-electron chi connectivity index (χ1n) is 5.59. The molecule has 1 rings (SSSR count). The number of nitrogens with one attached hydrogen (secondary N) is 1. The van der Waals surface area contributed by atoms with Crippen LogP contribution in [-0.2, 0) is 4.79 Å².